The van der Waals surface area contributed by atoms with Crippen molar-refractivity contribution < 1.29 is 0 Å². The Morgan fingerprint density at radius 3 is 2.96 bits per heavy atom. The molecular formula is C17H25N5S. The molecule has 1 aliphatic rings. The van der Waals surface area contributed by atoms with Crippen LogP contribution in [0.4, 0.5) is 5.82 Å². The van der Waals surface area contributed by atoms with Gasteiger partial charge in [0.1, 0.15) is 0 Å². The number of rotatable bonds is 4. The number of nitrogens with zero attached hydrogens (tertiary/aromatic N) is 4. The molecule has 5 nitrogen and oxygen atoms in total. The molecule has 0 aliphatic carbocycles. The average molecular weight is 331 g/mol. The monoisotopic (exact) mass is 331 g/mol. The summed E-state index contributed by atoms with van der Waals surface area (Å²) in [7, 11) is 0. The molecule has 0 unspecified atom stereocenters. The summed E-state index contributed by atoms with van der Waals surface area (Å²) in [4.78, 5) is 8.20. The highest BCUT2D eigenvalue weighted by molar-refractivity contribution is 7.11. The first-order chi connectivity index (χ1) is 11.0. The Kier molecular flexibility index (Phi) is 4.92. The summed E-state index contributed by atoms with van der Waals surface area (Å²) in [5.41, 5.74) is 0.135. The van der Waals surface area contributed by atoms with E-state index in [1.807, 2.05) is 29.7 Å². The molecule has 1 saturated heterocycles. The maximum Gasteiger partial charge on any atom is 0.151 e. The molecule has 0 saturated carbocycles. The number of anilines is 1. The van der Waals surface area contributed by atoms with Crippen LogP contribution in [-0.2, 0) is 12.0 Å². The van der Waals surface area contributed by atoms with Crippen molar-refractivity contribution in [2.75, 3.05) is 18.0 Å². The Morgan fingerprint density at radius 1 is 1.39 bits per heavy atom. The third-order valence-corrected chi connectivity index (χ3v) is 5.49. The van der Waals surface area contributed by atoms with Gasteiger partial charge in [-0.25, -0.2) is 4.98 Å². The van der Waals surface area contributed by atoms with E-state index < -0.39 is 0 Å². The van der Waals surface area contributed by atoms with Gasteiger partial charge in [-0.05, 0) is 25.0 Å². The van der Waals surface area contributed by atoms with E-state index in [1.165, 1.54) is 22.7 Å². The number of piperidine rings is 1. The third kappa shape index (κ3) is 4.26. The molecule has 124 valence electrons. The summed E-state index contributed by atoms with van der Waals surface area (Å²) in [6.45, 7) is 9.58. The third-order valence-electron chi connectivity index (χ3n) is 4.06. The normalized spacial score (nSPS) is 19.1. The second-order valence-corrected chi connectivity index (χ2v) is 8.24. The Bertz CT molecular complexity index is 619. The molecule has 0 radical (unpaired) electrons. The lowest BCUT2D eigenvalue weighted by molar-refractivity contribution is 0.420. The fraction of sp³-hybridized carbons (Fsp3) is 0.588. The number of thiazole rings is 1. The van der Waals surface area contributed by atoms with Crippen LogP contribution in [-0.4, -0.2) is 34.3 Å². The molecule has 3 rings (SSSR count). The van der Waals surface area contributed by atoms with Crippen LogP contribution in [0, 0.1) is 0 Å². The topological polar surface area (TPSA) is 53.9 Å². The summed E-state index contributed by atoms with van der Waals surface area (Å²) < 4.78 is 0. The van der Waals surface area contributed by atoms with Crippen LogP contribution in [0.15, 0.2) is 24.5 Å². The van der Waals surface area contributed by atoms with E-state index >= 15 is 0 Å². The first-order valence-corrected chi connectivity index (χ1v) is 9.05. The van der Waals surface area contributed by atoms with Gasteiger partial charge in [0.25, 0.3) is 0 Å². The second-order valence-electron chi connectivity index (χ2n) is 7.13. The Labute approximate surface area is 142 Å². The summed E-state index contributed by atoms with van der Waals surface area (Å²) in [5.74, 6) is 0.979. The standard InChI is InChI=1S/C17H25N5S/c1-17(2,3)16-19-11-14(23-16)10-18-13-6-5-9-22(12-13)15-7-4-8-20-21-15/h4,7-8,11,13,18H,5-6,9-10,12H2,1-3H3/t13-/m1/s1. The molecule has 2 aromatic heterocycles. The minimum absolute atomic E-state index is 0.135. The van der Waals surface area contributed by atoms with Crippen molar-refractivity contribution in [2.24, 2.45) is 0 Å². The molecule has 23 heavy (non-hydrogen) atoms. The quantitative estimate of drug-likeness (QED) is 0.933. The van der Waals surface area contributed by atoms with Crippen LogP contribution in [0.5, 0.6) is 0 Å². The van der Waals surface area contributed by atoms with Crippen molar-refractivity contribution in [3.8, 4) is 0 Å². The van der Waals surface area contributed by atoms with Crippen molar-refractivity contribution >= 4 is 17.2 Å². The molecule has 1 atom stereocenters. The van der Waals surface area contributed by atoms with Gasteiger partial charge in [0.05, 0.1) is 5.01 Å². The largest absolute Gasteiger partial charge is 0.354 e. The maximum atomic E-state index is 4.56. The summed E-state index contributed by atoms with van der Waals surface area (Å²) in [6, 6.07) is 4.48. The molecule has 3 heterocycles. The SMILES string of the molecule is CC(C)(C)c1ncc(CN[C@@H]2CCCN(c3cccnn3)C2)s1. The summed E-state index contributed by atoms with van der Waals surface area (Å²) >= 11 is 1.82. The van der Waals surface area contributed by atoms with Crippen molar-refractivity contribution in [3.05, 3.63) is 34.4 Å². The minimum atomic E-state index is 0.135. The van der Waals surface area contributed by atoms with Crippen molar-refractivity contribution in [2.45, 2.75) is 51.6 Å². The van der Waals surface area contributed by atoms with Gasteiger partial charge in [-0.3, -0.25) is 0 Å². The first-order valence-electron chi connectivity index (χ1n) is 8.23. The van der Waals surface area contributed by atoms with E-state index in [9.17, 15) is 0 Å². The predicted octanol–water partition coefficient (Wildman–Crippen LogP) is 2.99. The number of aromatic nitrogens is 3. The highest BCUT2D eigenvalue weighted by atomic mass is 32.1. The van der Waals surface area contributed by atoms with Crippen molar-refractivity contribution in [1.82, 2.24) is 20.5 Å². The number of hydrogen-bond acceptors (Lipinski definition) is 6. The Hall–Kier alpha value is -1.53. The zero-order chi connectivity index (χ0) is 16.3. The first kappa shape index (κ1) is 16.3. The molecule has 2 aromatic rings. The summed E-state index contributed by atoms with van der Waals surface area (Å²) in [5, 5.41) is 13.1. The van der Waals surface area contributed by atoms with Gasteiger partial charge in [0.15, 0.2) is 5.82 Å². The minimum Gasteiger partial charge on any atom is -0.354 e. The van der Waals surface area contributed by atoms with Crippen molar-refractivity contribution in [3.63, 3.8) is 0 Å². The molecule has 0 aromatic carbocycles. The molecule has 0 amide bonds. The van der Waals surface area contributed by atoms with E-state index in [-0.39, 0.29) is 5.41 Å². The highest BCUT2D eigenvalue weighted by Crippen LogP contribution is 2.27. The molecule has 6 heteroatoms. The molecule has 1 aliphatic heterocycles. The van der Waals surface area contributed by atoms with Crippen LogP contribution < -0.4 is 10.2 Å². The van der Waals surface area contributed by atoms with Gasteiger partial charge in [-0.15, -0.1) is 16.4 Å². The summed E-state index contributed by atoms with van der Waals surface area (Å²) in [6.07, 6.45) is 6.13. The van der Waals surface area contributed by atoms with E-state index in [1.54, 1.807) is 6.20 Å². The van der Waals surface area contributed by atoms with Crippen LogP contribution in [0.1, 0.15) is 43.5 Å². The number of hydrogen-bond donors (Lipinski definition) is 1. The second kappa shape index (κ2) is 6.93. The lowest BCUT2D eigenvalue weighted by Crippen LogP contribution is -2.45. The molecule has 1 fully saturated rings. The molecular weight excluding hydrogens is 306 g/mol. The van der Waals surface area contributed by atoms with E-state index in [0.717, 1.165) is 25.5 Å². The van der Waals surface area contributed by atoms with E-state index in [2.05, 4.69) is 46.2 Å². The number of nitrogens with one attached hydrogen (secondary N) is 1. The van der Waals surface area contributed by atoms with E-state index in [4.69, 9.17) is 0 Å². The van der Waals surface area contributed by atoms with Crippen LogP contribution >= 0.6 is 11.3 Å². The van der Waals surface area contributed by atoms with Crippen molar-refractivity contribution in [1.29, 1.82) is 0 Å². The zero-order valence-electron chi connectivity index (χ0n) is 14.1. The Morgan fingerprint density at radius 2 is 2.26 bits per heavy atom. The van der Waals surface area contributed by atoms with Crippen LogP contribution in [0.3, 0.4) is 0 Å². The lowest BCUT2D eigenvalue weighted by Gasteiger charge is -2.33. The van der Waals surface area contributed by atoms with Gasteiger partial charge in [0, 0.05) is 48.4 Å². The van der Waals surface area contributed by atoms with Gasteiger partial charge in [0.2, 0.25) is 0 Å². The van der Waals surface area contributed by atoms with E-state index in [0.29, 0.717) is 6.04 Å². The van der Waals surface area contributed by atoms with Gasteiger partial charge >= 0.3 is 0 Å². The van der Waals surface area contributed by atoms with Crippen LogP contribution in [0.25, 0.3) is 0 Å². The zero-order valence-corrected chi connectivity index (χ0v) is 14.9. The lowest BCUT2D eigenvalue weighted by atomic mass is 9.98. The molecule has 0 bridgehead atoms. The fourth-order valence-corrected chi connectivity index (χ4v) is 3.72. The van der Waals surface area contributed by atoms with Gasteiger partial charge in [-0.1, -0.05) is 20.8 Å². The highest BCUT2D eigenvalue weighted by Gasteiger charge is 2.22. The van der Waals surface area contributed by atoms with Crippen LogP contribution in [0.2, 0.25) is 0 Å². The molecule has 1 N–H and O–H groups in total. The average Bonchev–Trinajstić information content (AvgIpc) is 3.03. The fourth-order valence-electron chi connectivity index (χ4n) is 2.79. The molecule has 0 spiro atoms. The Balaban J connectivity index is 1.55. The smallest absolute Gasteiger partial charge is 0.151 e. The van der Waals surface area contributed by atoms with Gasteiger partial charge in [-0.2, -0.15) is 5.10 Å². The predicted molar refractivity (Wildman–Crippen MR) is 94.9 cm³/mol. The van der Waals surface area contributed by atoms with Gasteiger partial charge < -0.3 is 10.2 Å². The maximum absolute atomic E-state index is 4.56.